The minimum absolute atomic E-state index is 0.0343. The van der Waals surface area contributed by atoms with Gasteiger partial charge in [-0.2, -0.15) is 0 Å². The quantitative estimate of drug-likeness (QED) is 0.822. The highest BCUT2D eigenvalue weighted by Gasteiger charge is 2.38. The second-order valence-electron chi connectivity index (χ2n) is 8.69. The largest absolute Gasteiger partial charge is 0.490 e. The normalized spacial score (nSPS) is 16.7. The molecule has 2 aromatic carbocycles. The molecule has 1 N–H and O–H groups in total. The average Bonchev–Trinajstić information content (AvgIpc) is 3.15. The average molecular weight is 410 g/mol. The summed E-state index contributed by atoms with van der Waals surface area (Å²) < 4.78 is 16.6. The fraction of sp³-hybridized carbons (Fsp3) is 0.391. The van der Waals surface area contributed by atoms with E-state index in [0.29, 0.717) is 41.0 Å². The zero-order chi connectivity index (χ0) is 21.5. The standard InChI is InChI=1S/C23H26N2O5/c1-14(2)11-25-17-7-6-16(10-19(17)28-12-23(3,4)22(25)27)24-21(26)15-5-8-18-20(9-15)30-13-29-18/h5-10,14H,11-13H2,1-4H3,(H,24,26). The molecule has 0 fully saturated rings. The Bertz CT molecular complexity index is 999. The number of carbonyl (C=O) groups excluding carboxylic acids is 2. The van der Waals surface area contributed by atoms with Gasteiger partial charge in [-0.3, -0.25) is 9.59 Å². The Kier molecular flexibility index (Phi) is 5.05. The van der Waals surface area contributed by atoms with E-state index in [1.165, 1.54) is 0 Å². The lowest BCUT2D eigenvalue weighted by atomic mass is 9.92. The van der Waals surface area contributed by atoms with Crippen LogP contribution in [0.4, 0.5) is 11.4 Å². The molecule has 0 radical (unpaired) electrons. The molecular formula is C23H26N2O5. The van der Waals surface area contributed by atoms with Gasteiger partial charge in [0.1, 0.15) is 12.4 Å². The molecule has 2 amide bonds. The van der Waals surface area contributed by atoms with Crippen molar-refractivity contribution in [3.63, 3.8) is 0 Å². The Morgan fingerprint density at radius 1 is 1.07 bits per heavy atom. The van der Waals surface area contributed by atoms with Crippen LogP contribution < -0.4 is 24.4 Å². The van der Waals surface area contributed by atoms with Crippen LogP contribution >= 0.6 is 0 Å². The third-order valence-corrected chi connectivity index (χ3v) is 5.10. The summed E-state index contributed by atoms with van der Waals surface area (Å²) in [4.78, 5) is 27.6. The number of hydrogen-bond acceptors (Lipinski definition) is 5. The smallest absolute Gasteiger partial charge is 0.255 e. The Morgan fingerprint density at radius 2 is 1.83 bits per heavy atom. The van der Waals surface area contributed by atoms with Crippen molar-refractivity contribution in [2.24, 2.45) is 11.3 Å². The molecule has 0 unspecified atom stereocenters. The number of amides is 2. The zero-order valence-corrected chi connectivity index (χ0v) is 17.7. The van der Waals surface area contributed by atoms with Gasteiger partial charge >= 0.3 is 0 Å². The molecule has 0 aliphatic carbocycles. The summed E-state index contributed by atoms with van der Waals surface area (Å²) in [5.41, 5.74) is 1.14. The van der Waals surface area contributed by atoms with E-state index >= 15 is 0 Å². The summed E-state index contributed by atoms with van der Waals surface area (Å²) >= 11 is 0. The molecule has 0 bridgehead atoms. The van der Waals surface area contributed by atoms with Gasteiger partial charge in [0.15, 0.2) is 11.5 Å². The van der Waals surface area contributed by atoms with E-state index in [1.54, 1.807) is 35.2 Å². The number of nitrogens with one attached hydrogen (secondary N) is 1. The second-order valence-corrected chi connectivity index (χ2v) is 8.69. The minimum Gasteiger partial charge on any atom is -0.490 e. The highest BCUT2D eigenvalue weighted by atomic mass is 16.7. The molecule has 0 saturated carbocycles. The first-order chi connectivity index (χ1) is 14.2. The van der Waals surface area contributed by atoms with Crippen LogP contribution in [-0.2, 0) is 4.79 Å². The van der Waals surface area contributed by atoms with E-state index in [0.717, 1.165) is 5.69 Å². The summed E-state index contributed by atoms with van der Waals surface area (Å²) in [6.07, 6.45) is 0. The SMILES string of the molecule is CC(C)CN1C(=O)C(C)(C)COc2cc(NC(=O)c3ccc4c(c3)OCO4)ccc21. The summed E-state index contributed by atoms with van der Waals surface area (Å²) in [7, 11) is 0. The van der Waals surface area contributed by atoms with Gasteiger partial charge in [0.25, 0.3) is 5.91 Å². The van der Waals surface area contributed by atoms with Crippen molar-refractivity contribution in [2.75, 3.05) is 30.2 Å². The maximum absolute atomic E-state index is 13.1. The molecule has 7 heteroatoms. The monoisotopic (exact) mass is 410 g/mol. The highest BCUT2D eigenvalue weighted by molar-refractivity contribution is 6.05. The van der Waals surface area contributed by atoms with Crippen LogP contribution in [0.15, 0.2) is 36.4 Å². The number of fused-ring (bicyclic) bond motifs is 2. The van der Waals surface area contributed by atoms with E-state index < -0.39 is 5.41 Å². The number of hydrogen-bond donors (Lipinski definition) is 1. The Labute approximate surface area is 175 Å². The van der Waals surface area contributed by atoms with Crippen molar-refractivity contribution < 1.29 is 23.8 Å². The van der Waals surface area contributed by atoms with Crippen LogP contribution in [0.25, 0.3) is 0 Å². The summed E-state index contributed by atoms with van der Waals surface area (Å²) in [5, 5.41) is 2.89. The third-order valence-electron chi connectivity index (χ3n) is 5.10. The first kappa shape index (κ1) is 20.1. The Hall–Kier alpha value is -3.22. The number of benzene rings is 2. The van der Waals surface area contributed by atoms with E-state index in [1.807, 2.05) is 19.9 Å². The molecule has 0 aromatic heterocycles. The van der Waals surface area contributed by atoms with E-state index in [-0.39, 0.29) is 25.2 Å². The molecule has 0 atom stereocenters. The first-order valence-corrected chi connectivity index (χ1v) is 10.0. The molecule has 30 heavy (non-hydrogen) atoms. The van der Waals surface area contributed by atoms with Crippen LogP contribution in [0.3, 0.4) is 0 Å². The highest BCUT2D eigenvalue weighted by Crippen LogP contribution is 2.39. The molecule has 2 aliphatic heterocycles. The van der Waals surface area contributed by atoms with Crippen LogP contribution in [0, 0.1) is 11.3 Å². The zero-order valence-electron chi connectivity index (χ0n) is 17.7. The predicted molar refractivity (Wildman–Crippen MR) is 113 cm³/mol. The maximum Gasteiger partial charge on any atom is 0.255 e. The molecule has 0 saturated heterocycles. The van der Waals surface area contributed by atoms with Gasteiger partial charge in [-0.25, -0.2) is 0 Å². The van der Waals surface area contributed by atoms with Gasteiger partial charge in [-0.15, -0.1) is 0 Å². The molecule has 2 heterocycles. The van der Waals surface area contributed by atoms with Crippen LogP contribution in [0.5, 0.6) is 17.2 Å². The summed E-state index contributed by atoms with van der Waals surface area (Å²) in [6.45, 7) is 8.95. The van der Waals surface area contributed by atoms with Gasteiger partial charge in [0.05, 0.1) is 11.1 Å². The number of carbonyl (C=O) groups is 2. The molecule has 4 rings (SSSR count). The van der Waals surface area contributed by atoms with Gasteiger partial charge in [-0.1, -0.05) is 13.8 Å². The van der Waals surface area contributed by atoms with E-state index in [2.05, 4.69) is 19.2 Å². The Morgan fingerprint density at radius 3 is 2.60 bits per heavy atom. The topological polar surface area (TPSA) is 77.1 Å². The van der Waals surface area contributed by atoms with E-state index in [4.69, 9.17) is 14.2 Å². The fourth-order valence-electron chi connectivity index (χ4n) is 3.51. The van der Waals surface area contributed by atoms with E-state index in [9.17, 15) is 9.59 Å². The lowest BCUT2D eigenvalue weighted by molar-refractivity contribution is -0.127. The predicted octanol–water partition coefficient (Wildman–Crippen LogP) is 4.08. The van der Waals surface area contributed by atoms with Crippen LogP contribution in [0.2, 0.25) is 0 Å². The van der Waals surface area contributed by atoms with Gasteiger partial charge < -0.3 is 24.4 Å². The van der Waals surface area contributed by atoms with Crippen molar-refractivity contribution in [3.05, 3.63) is 42.0 Å². The van der Waals surface area contributed by atoms with Crippen molar-refractivity contribution in [2.45, 2.75) is 27.7 Å². The second kappa shape index (κ2) is 7.55. The molecule has 7 nitrogen and oxygen atoms in total. The maximum atomic E-state index is 13.1. The number of nitrogens with zero attached hydrogens (tertiary/aromatic N) is 1. The first-order valence-electron chi connectivity index (χ1n) is 10.0. The van der Waals surface area contributed by atoms with Crippen LogP contribution in [-0.4, -0.2) is 31.8 Å². The van der Waals surface area contributed by atoms with Crippen molar-refractivity contribution >= 4 is 23.2 Å². The number of ether oxygens (including phenoxy) is 3. The molecule has 2 aromatic rings. The molecule has 0 spiro atoms. The third kappa shape index (κ3) is 3.79. The number of anilines is 2. The van der Waals surface area contributed by atoms with Gasteiger partial charge in [0.2, 0.25) is 12.7 Å². The van der Waals surface area contributed by atoms with Gasteiger partial charge in [-0.05, 0) is 50.1 Å². The lowest BCUT2D eigenvalue weighted by Crippen LogP contribution is -2.43. The minimum atomic E-state index is -0.635. The van der Waals surface area contributed by atoms with Crippen molar-refractivity contribution in [1.29, 1.82) is 0 Å². The summed E-state index contributed by atoms with van der Waals surface area (Å²) in [6, 6.07) is 10.4. The van der Waals surface area contributed by atoms with Gasteiger partial charge in [0, 0.05) is 23.9 Å². The number of rotatable bonds is 4. The molecule has 158 valence electrons. The summed E-state index contributed by atoms with van der Waals surface area (Å²) in [5.74, 6) is 1.84. The molecule has 2 aliphatic rings. The van der Waals surface area contributed by atoms with Crippen molar-refractivity contribution in [3.8, 4) is 17.2 Å². The molecular weight excluding hydrogens is 384 g/mol. The fourth-order valence-corrected chi connectivity index (χ4v) is 3.51. The van der Waals surface area contributed by atoms with Crippen molar-refractivity contribution in [1.82, 2.24) is 0 Å². The van der Waals surface area contributed by atoms with Crippen LogP contribution in [0.1, 0.15) is 38.1 Å². The lowest BCUT2D eigenvalue weighted by Gasteiger charge is -2.29. The Balaban J connectivity index is 1.59.